The van der Waals surface area contributed by atoms with Crippen molar-refractivity contribution in [1.29, 1.82) is 0 Å². The molecule has 0 aromatic carbocycles. The molecule has 0 aliphatic rings. The summed E-state index contributed by atoms with van der Waals surface area (Å²) < 4.78 is 0. The summed E-state index contributed by atoms with van der Waals surface area (Å²) in [5, 5.41) is 23.4. The smallest absolute Gasteiger partial charge is 0.220 e. The number of amides is 1. The molecule has 0 rings (SSSR count). The van der Waals surface area contributed by atoms with E-state index in [4.69, 9.17) is 0 Å². The number of carbonyl (C=O) groups is 1. The lowest BCUT2D eigenvalue weighted by atomic mass is 10.0. The van der Waals surface area contributed by atoms with Crippen LogP contribution in [0.25, 0.3) is 0 Å². The van der Waals surface area contributed by atoms with Gasteiger partial charge in [0.2, 0.25) is 5.91 Å². The molecular weight excluding hydrogens is 819 g/mol. The standard InChI is InChI=1S/C63H119NO3/c1-3-5-7-9-11-13-15-17-19-21-23-25-27-28-29-30-31-32-33-34-35-36-37-39-41-43-45-47-49-51-53-55-57-59-63(67)64-61(60-65)62(66)58-56-54-52-50-48-46-44-42-40-38-26-24-22-20-18-16-14-12-10-8-6-4-2/h5,7,11,13,17,19,23,25,61-62,65-66H,3-4,6,8-10,12,14-16,18,20-22,24,26-60H2,1-2H3,(H,64,67)/b7-5-,13-11-,19-17-,25-23-. The highest BCUT2D eigenvalue weighted by molar-refractivity contribution is 5.76. The van der Waals surface area contributed by atoms with E-state index in [0.717, 1.165) is 51.4 Å². The molecule has 0 aliphatic carbocycles. The average Bonchev–Trinajstić information content (AvgIpc) is 3.33. The summed E-state index contributed by atoms with van der Waals surface area (Å²) in [5.41, 5.74) is 0. The molecule has 0 fully saturated rings. The second-order valence-electron chi connectivity index (χ2n) is 20.7. The van der Waals surface area contributed by atoms with Gasteiger partial charge in [-0.05, 0) is 51.4 Å². The van der Waals surface area contributed by atoms with Crippen LogP contribution >= 0.6 is 0 Å². The van der Waals surface area contributed by atoms with E-state index in [2.05, 4.69) is 67.8 Å². The molecule has 1 amide bonds. The molecular formula is C63H119NO3. The zero-order chi connectivity index (χ0) is 48.5. The van der Waals surface area contributed by atoms with Crippen LogP contribution in [0.2, 0.25) is 0 Å². The first-order valence-corrected chi connectivity index (χ1v) is 30.3. The largest absolute Gasteiger partial charge is 0.394 e. The number of rotatable bonds is 56. The van der Waals surface area contributed by atoms with E-state index in [1.807, 2.05) is 0 Å². The number of hydrogen-bond acceptors (Lipinski definition) is 3. The Kier molecular flexibility index (Phi) is 57.2. The van der Waals surface area contributed by atoms with Crippen LogP contribution in [0.15, 0.2) is 48.6 Å². The lowest BCUT2D eigenvalue weighted by Crippen LogP contribution is -2.45. The van der Waals surface area contributed by atoms with E-state index in [1.165, 1.54) is 250 Å². The summed E-state index contributed by atoms with van der Waals surface area (Å²) in [4.78, 5) is 12.5. The molecule has 67 heavy (non-hydrogen) atoms. The minimum absolute atomic E-state index is 0.0254. The molecule has 2 unspecified atom stereocenters. The Labute approximate surface area is 420 Å². The molecule has 2 atom stereocenters. The van der Waals surface area contributed by atoms with Crippen LogP contribution in [0.4, 0.5) is 0 Å². The zero-order valence-corrected chi connectivity index (χ0v) is 45.4. The highest BCUT2D eigenvalue weighted by Crippen LogP contribution is 2.18. The fourth-order valence-corrected chi connectivity index (χ4v) is 9.53. The molecule has 0 aliphatic heterocycles. The number of unbranched alkanes of at least 4 members (excludes halogenated alkanes) is 41. The van der Waals surface area contributed by atoms with Crippen LogP contribution in [0.5, 0.6) is 0 Å². The van der Waals surface area contributed by atoms with E-state index in [9.17, 15) is 15.0 Å². The van der Waals surface area contributed by atoms with Gasteiger partial charge in [0.05, 0.1) is 18.8 Å². The number of aliphatic hydroxyl groups excluding tert-OH is 2. The van der Waals surface area contributed by atoms with Gasteiger partial charge in [-0.15, -0.1) is 0 Å². The van der Waals surface area contributed by atoms with E-state index in [-0.39, 0.29) is 12.5 Å². The maximum atomic E-state index is 12.5. The molecule has 3 N–H and O–H groups in total. The van der Waals surface area contributed by atoms with Gasteiger partial charge in [-0.1, -0.05) is 319 Å². The topological polar surface area (TPSA) is 69.6 Å². The molecule has 0 saturated carbocycles. The van der Waals surface area contributed by atoms with Gasteiger partial charge in [0.1, 0.15) is 0 Å². The van der Waals surface area contributed by atoms with Crippen molar-refractivity contribution in [2.45, 2.75) is 341 Å². The Morgan fingerprint density at radius 3 is 0.985 bits per heavy atom. The summed E-state index contributed by atoms with van der Waals surface area (Å²) in [6, 6.07) is -0.536. The van der Waals surface area contributed by atoms with Gasteiger partial charge < -0.3 is 15.5 Å². The van der Waals surface area contributed by atoms with Gasteiger partial charge in [0.15, 0.2) is 0 Å². The van der Waals surface area contributed by atoms with Crippen molar-refractivity contribution in [1.82, 2.24) is 5.32 Å². The van der Waals surface area contributed by atoms with Crippen molar-refractivity contribution in [3.8, 4) is 0 Å². The second kappa shape index (κ2) is 58.7. The first-order chi connectivity index (χ1) is 33.2. The molecule has 0 aromatic rings. The van der Waals surface area contributed by atoms with Crippen LogP contribution in [-0.4, -0.2) is 34.9 Å². The fraction of sp³-hybridized carbons (Fsp3) is 0.857. The van der Waals surface area contributed by atoms with Crippen molar-refractivity contribution in [2.24, 2.45) is 0 Å². The number of aliphatic hydroxyl groups is 2. The van der Waals surface area contributed by atoms with Crippen LogP contribution < -0.4 is 5.32 Å². The van der Waals surface area contributed by atoms with Gasteiger partial charge in [-0.25, -0.2) is 0 Å². The minimum atomic E-state index is -0.659. The highest BCUT2D eigenvalue weighted by Gasteiger charge is 2.20. The van der Waals surface area contributed by atoms with Crippen molar-refractivity contribution < 1.29 is 15.0 Å². The van der Waals surface area contributed by atoms with Crippen molar-refractivity contribution in [3.63, 3.8) is 0 Å². The lowest BCUT2D eigenvalue weighted by Gasteiger charge is -2.22. The molecule has 394 valence electrons. The Balaban J connectivity index is 3.41. The number of allylic oxidation sites excluding steroid dienone is 8. The number of hydrogen-bond donors (Lipinski definition) is 3. The normalized spacial score (nSPS) is 13.1. The van der Waals surface area contributed by atoms with Crippen molar-refractivity contribution in [3.05, 3.63) is 48.6 Å². The van der Waals surface area contributed by atoms with Crippen LogP contribution in [-0.2, 0) is 4.79 Å². The van der Waals surface area contributed by atoms with E-state index in [1.54, 1.807) is 0 Å². The van der Waals surface area contributed by atoms with Crippen LogP contribution in [0.3, 0.4) is 0 Å². The Morgan fingerprint density at radius 1 is 0.373 bits per heavy atom. The molecule has 0 bridgehead atoms. The third kappa shape index (κ3) is 55.2. The molecule has 0 heterocycles. The summed E-state index contributed by atoms with van der Waals surface area (Å²) in [6.45, 7) is 4.28. The maximum Gasteiger partial charge on any atom is 0.220 e. The third-order valence-electron chi connectivity index (χ3n) is 14.1. The summed E-state index contributed by atoms with van der Waals surface area (Å²) >= 11 is 0. The molecule has 0 aromatic heterocycles. The van der Waals surface area contributed by atoms with Crippen LogP contribution in [0, 0.1) is 0 Å². The zero-order valence-electron chi connectivity index (χ0n) is 45.4. The quantitative estimate of drug-likeness (QED) is 0.0420. The summed E-state index contributed by atoms with van der Waals surface area (Å²) in [7, 11) is 0. The Hall–Kier alpha value is -1.65. The second-order valence-corrected chi connectivity index (χ2v) is 20.7. The molecule has 0 radical (unpaired) electrons. The molecule has 4 nitrogen and oxygen atoms in total. The highest BCUT2D eigenvalue weighted by atomic mass is 16.3. The molecule has 4 heteroatoms. The molecule has 0 saturated heterocycles. The van der Waals surface area contributed by atoms with E-state index < -0.39 is 12.1 Å². The van der Waals surface area contributed by atoms with Gasteiger partial charge >= 0.3 is 0 Å². The SMILES string of the molecule is CC/C=C\C/C=C\C/C=C\C/C=C\CCCCCCCCCCCCCCCCCCCCCCC(=O)NC(CO)C(O)CCCCCCCCCCCCCCCCCCCCCCCC. The van der Waals surface area contributed by atoms with Crippen LogP contribution in [0.1, 0.15) is 328 Å². The lowest BCUT2D eigenvalue weighted by molar-refractivity contribution is -0.123. The third-order valence-corrected chi connectivity index (χ3v) is 14.1. The van der Waals surface area contributed by atoms with Gasteiger partial charge in [-0.3, -0.25) is 4.79 Å². The van der Waals surface area contributed by atoms with Crippen molar-refractivity contribution >= 4 is 5.91 Å². The predicted octanol–water partition coefficient (Wildman–Crippen LogP) is 20.2. The molecule has 0 spiro atoms. The van der Waals surface area contributed by atoms with Gasteiger partial charge in [0.25, 0.3) is 0 Å². The van der Waals surface area contributed by atoms with E-state index in [0.29, 0.717) is 12.8 Å². The number of nitrogens with one attached hydrogen (secondary N) is 1. The fourth-order valence-electron chi connectivity index (χ4n) is 9.53. The van der Waals surface area contributed by atoms with E-state index >= 15 is 0 Å². The Bertz CT molecular complexity index is 1060. The van der Waals surface area contributed by atoms with Gasteiger partial charge in [0, 0.05) is 6.42 Å². The van der Waals surface area contributed by atoms with Crippen molar-refractivity contribution in [2.75, 3.05) is 6.61 Å². The first-order valence-electron chi connectivity index (χ1n) is 30.3. The number of carbonyl (C=O) groups excluding carboxylic acids is 1. The minimum Gasteiger partial charge on any atom is -0.394 e. The predicted molar refractivity (Wildman–Crippen MR) is 299 cm³/mol. The summed E-state index contributed by atoms with van der Waals surface area (Å²) in [5.74, 6) is -0.0254. The summed E-state index contributed by atoms with van der Waals surface area (Å²) in [6.07, 6.45) is 81.2. The average molecular weight is 939 g/mol. The Morgan fingerprint density at radius 2 is 0.657 bits per heavy atom. The maximum absolute atomic E-state index is 12.5. The monoisotopic (exact) mass is 938 g/mol. The first kappa shape index (κ1) is 65.3. The van der Waals surface area contributed by atoms with Gasteiger partial charge in [-0.2, -0.15) is 0 Å².